The predicted octanol–water partition coefficient (Wildman–Crippen LogP) is 4.18. The van der Waals surface area contributed by atoms with Crippen LogP contribution < -0.4 is 0 Å². The van der Waals surface area contributed by atoms with Crippen LogP contribution >= 0.6 is 0 Å². The lowest BCUT2D eigenvalue weighted by molar-refractivity contribution is 0.0832. The van der Waals surface area contributed by atoms with E-state index in [0.717, 1.165) is 36.1 Å². The molecule has 1 aromatic heterocycles. The molecule has 0 aliphatic carbocycles. The normalized spacial score (nSPS) is 21.8. The van der Waals surface area contributed by atoms with Crippen LogP contribution in [0.2, 0.25) is 0 Å². The molecule has 2 atom stereocenters. The quantitative estimate of drug-likeness (QED) is 0.843. The molecule has 1 amide bonds. The van der Waals surface area contributed by atoms with Crippen molar-refractivity contribution in [3.63, 3.8) is 0 Å². The first-order chi connectivity index (χ1) is 12.2. The van der Waals surface area contributed by atoms with E-state index < -0.39 is 0 Å². The first kappa shape index (κ1) is 15.8. The van der Waals surface area contributed by atoms with E-state index in [1.807, 2.05) is 35.2 Å². The first-order valence-corrected chi connectivity index (χ1v) is 8.52. The Morgan fingerprint density at radius 3 is 2.76 bits per heavy atom. The van der Waals surface area contributed by atoms with Gasteiger partial charge in [0.15, 0.2) is 0 Å². The fraction of sp³-hybridized carbons (Fsp3) is 0.300. The highest BCUT2D eigenvalue weighted by Crippen LogP contribution is 2.38. The van der Waals surface area contributed by atoms with Crippen LogP contribution in [0.4, 0.5) is 9.18 Å². The molecule has 1 saturated heterocycles. The van der Waals surface area contributed by atoms with Crippen LogP contribution in [0.1, 0.15) is 30.5 Å². The molecule has 4 rings (SSSR count). The molecular formula is C20H19FN2O2. The lowest BCUT2D eigenvalue weighted by atomic mass is 9.98. The highest BCUT2D eigenvalue weighted by Gasteiger charge is 2.40. The van der Waals surface area contributed by atoms with Gasteiger partial charge in [-0.05, 0) is 42.5 Å². The van der Waals surface area contributed by atoms with Gasteiger partial charge >= 0.3 is 6.09 Å². The highest BCUT2D eigenvalue weighted by atomic mass is 19.1. The summed E-state index contributed by atoms with van der Waals surface area (Å²) in [6.07, 6.45) is 5.66. The Hall–Kier alpha value is -2.69. The number of carbonyl (C=O) groups is 1. The van der Waals surface area contributed by atoms with Gasteiger partial charge < -0.3 is 4.74 Å². The van der Waals surface area contributed by atoms with Crippen LogP contribution in [-0.4, -0.2) is 28.1 Å². The zero-order valence-electron chi connectivity index (χ0n) is 13.8. The van der Waals surface area contributed by atoms with Gasteiger partial charge in [-0.2, -0.15) is 0 Å². The smallest absolute Gasteiger partial charge is 0.410 e. The van der Waals surface area contributed by atoms with Gasteiger partial charge in [0, 0.05) is 6.04 Å². The van der Waals surface area contributed by atoms with Gasteiger partial charge in [0.25, 0.3) is 0 Å². The molecule has 128 valence electrons. The first-order valence-electron chi connectivity index (χ1n) is 8.52. The SMILES string of the molecule is O=C(OCc1ccccc1)N1C2C=C(c3ccc(F)cn3)CC1CC2. The fourth-order valence-corrected chi connectivity index (χ4v) is 3.66. The Balaban J connectivity index is 1.46. The Kier molecular flexibility index (Phi) is 4.22. The molecular weight excluding hydrogens is 319 g/mol. The third-order valence-corrected chi connectivity index (χ3v) is 4.87. The number of hydrogen-bond donors (Lipinski definition) is 0. The number of ether oxygens (including phenoxy) is 1. The van der Waals surface area contributed by atoms with Crippen molar-refractivity contribution >= 4 is 11.7 Å². The van der Waals surface area contributed by atoms with Crippen LogP contribution in [0.25, 0.3) is 5.57 Å². The van der Waals surface area contributed by atoms with E-state index in [2.05, 4.69) is 11.1 Å². The molecule has 25 heavy (non-hydrogen) atoms. The second-order valence-corrected chi connectivity index (χ2v) is 6.50. The minimum Gasteiger partial charge on any atom is -0.445 e. The number of hydrogen-bond acceptors (Lipinski definition) is 3. The number of benzene rings is 1. The molecule has 2 unspecified atom stereocenters. The van der Waals surface area contributed by atoms with Gasteiger partial charge in [0.05, 0.1) is 17.9 Å². The van der Waals surface area contributed by atoms with E-state index in [9.17, 15) is 9.18 Å². The van der Waals surface area contributed by atoms with Crippen LogP contribution in [-0.2, 0) is 11.3 Å². The number of halogens is 1. The van der Waals surface area contributed by atoms with Gasteiger partial charge in [0.1, 0.15) is 12.4 Å². The Labute approximate surface area is 145 Å². The average Bonchev–Trinajstić information content (AvgIpc) is 2.91. The van der Waals surface area contributed by atoms with Crippen molar-refractivity contribution in [2.45, 2.75) is 38.0 Å². The van der Waals surface area contributed by atoms with Gasteiger partial charge in [0.2, 0.25) is 0 Å². The monoisotopic (exact) mass is 338 g/mol. The molecule has 0 spiro atoms. The van der Waals surface area contributed by atoms with E-state index in [0.29, 0.717) is 0 Å². The van der Waals surface area contributed by atoms with Gasteiger partial charge in [-0.25, -0.2) is 9.18 Å². The van der Waals surface area contributed by atoms with Gasteiger partial charge in [-0.1, -0.05) is 36.4 Å². The molecule has 5 heteroatoms. The number of fused-ring (bicyclic) bond motifs is 2. The van der Waals surface area contributed by atoms with Crippen molar-refractivity contribution in [1.29, 1.82) is 0 Å². The third kappa shape index (κ3) is 3.27. The summed E-state index contributed by atoms with van der Waals surface area (Å²) in [6.45, 7) is 0.283. The highest BCUT2D eigenvalue weighted by molar-refractivity contribution is 5.74. The molecule has 1 fully saturated rings. The van der Waals surface area contributed by atoms with E-state index in [1.165, 1.54) is 12.3 Å². The van der Waals surface area contributed by atoms with Gasteiger partial charge in [-0.3, -0.25) is 9.88 Å². The zero-order valence-corrected chi connectivity index (χ0v) is 13.8. The summed E-state index contributed by atoms with van der Waals surface area (Å²) in [7, 11) is 0. The van der Waals surface area contributed by atoms with Crippen molar-refractivity contribution < 1.29 is 13.9 Å². The molecule has 4 nitrogen and oxygen atoms in total. The molecule has 1 aromatic carbocycles. The molecule has 0 saturated carbocycles. The summed E-state index contributed by atoms with van der Waals surface area (Å²) < 4.78 is 18.6. The maximum absolute atomic E-state index is 13.1. The Bertz CT molecular complexity index is 789. The Morgan fingerprint density at radius 1 is 1.20 bits per heavy atom. The minimum absolute atomic E-state index is 0.0314. The number of rotatable bonds is 3. The Morgan fingerprint density at radius 2 is 2.04 bits per heavy atom. The molecule has 0 N–H and O–H groups in total. The molecule has 2 aromatic rings. The summed E-state index contributed by atoms with van der Waals surface area (Å²) in [6, 6.07) is 13.0. The van der Waals surface area contributed by atoms with Crippen LogP contribution in [0, 0.1) is 5.82 Å². The summed E-state index contributed by atoms with van der Waals surface area (Å²) in [5.74, 6) is -0.339. The van der Waals surface area contributed by atoms with Crippen LogP contribution in [0.15, 0.2) is 54.7 Å². The average molecular weight is 338 g/mol. The van der Waals surface area contributed by atoms with Crippen molar-refractivity contribution in [2.24, 2.45) is 0 Å². The molecule has 2 aliphatic rings. The van der Waals surface area contributed by atoms with E-state index in [4.69, 9.17) is 4.74 Å². The van der Waals surface area contributed by atoms with Crippen molar-refractivity contribution in [2.75, 3.05) is 0 Å². The van der Waals surface area contributed by atoms with Crippen LogP contribution in [0.3, 0.4) is 0 Å². The van der Waals surface area contributed by atoms with E-state index in [-0.39, 0.29) is 30.6 Å². The molecule has 2 bridgehead atoms. The molecule has 0 radical (unpaired) electrons. The van der Waals surface area contributed by atoms with E-state index >= 15 is 0 Å². The zero-order chi connectivity index (χ0) is 17.2. The summed E-state index contributed by atoms with van der Waals surface area (Å²) >= 11 is 0. The second-order valence-electron chi connectivity index (χ2n) is 6.50. The van der Waals surface area contributed by atoms with Crippen LogP contribution in [0.5, 0.6) is 0 Å². The largest absolute Gasteiger partial charge is 0.445 e. The van der Waals surface area contributed by atoms with Crippen molar-refractivity contribution in [3.05, 3.63) is 71.8 Å². The third-order valence-electron chi connectivity index (χ3n) is 4.87. The number of carbonyl (C=O) groups excluding carboxylic acids is 1. The maximum atomic E-state index is 13.1. The number of aromatic nitrogens is 1. The predicted molar refractivity (Wildman–Crippen MR) is 92.1 cm³/mol. The summed E-state index contributed by atoms with van der Waals surface area (Å²) in [5, 5.41) is 0. The number of nitrogens with zero attached hydrogens (tertiary/aromatic N) is 2. The van der Waals surface area contributed by atoms with Gasteiger partial charge in [-0.15, -0.1) is 0 Å². The van der Waals surface area contributed by atoms with E-state index in [1.54, 1.807) is 6.07 Å². The lowest BCUT2D eigenvalue weighted by Crippen LogP contribution is -2.43. The summed E-state index contributed by atoms with van der Waals surface area (Å²) in [4.78, 5) is 18.5. The molecule has 3 heterocycles. The maximum Gasteiger partial charge on any atom is 0.410 e. The minimum atomic E-state index is -0.339. The summed E-state index contributed by atoms with van der Waals surface area (Å²) in [5.41, 5.74) is 2.85. The lowest BCUT2D eigenvalue weighted by Gasteiger charge is -2.33. The van der Waals surface area contributed by atoms with Crippen molar-refractivity contribution in [1.82, 2.24) is 9.88 Å². The topological polar surface area (TPSA) is 42.4 Å². The molecule has 2 aliphatic heterocycles. The standard InChI is InChI=1S/C20H19FN2O2/c21-16-6-9-19(22-12-16)15-10-17-7-8-18(11-15)23(17)20(24)25-13-14-4-2-1-3-5-14/h1-6,9-10,12,17-18H,7-8,11,13H2. The number of pyridine rings is 1. The second kappa shape index (κ2) is 6.67. The number of amides is 1. The van der Waals surface area contributed by atoms with Crippen molar-refractivity contribution in [3.8, 4) is 0 Å². The fourth-order valence-electron chi connectivity index (χ4n) is 3.66.